The fourth-order valence-corrected chi connectivity index (χ4v) is 7.42. The van der Waals surface area contributed by atoms with E-state index < -0.39 is 47.9 Å². The second kappa shape index (κ2) is 15.0. The molecule has 0 amide bonds. The van der Waals surface area contributed by atoms with Gasteiger partial charge in [-0.1, -0.05) is 46.8 Å². The number of fused-ring (bicyclic) bond motifs is 5. The normalized spacial score (nSPS) is 20.9. The third-order valence-electron chi connectivity index (χ3n) is 12.0. The van der Waals surface area contributed by atoms with Crippen LogP contribution in [0.25, 0.3) is 22.3 Å². The van der Waals surface area contributed by atoms with Crippen molar-refractivity contribution < 1.29 is 38.2 Å². The molecule has 12 heteroatoms. The lowest BCUT2D eigenvalue weighted by Crippen LogP contribution is -2.41. The lowest BCUT2D eigenvalue weighted by Gasteiger charge is -2.32. The Balaban J connectivity index is 0.00000129. The summed E-state index contributed by atoms with van der Waals surface area (Å²) in [5.74, 6) is -0.0772. The molecular weight excluding hydrogens is 711 g/mol. The molecule has 4 aliphatic heterocycles. The van der Waals surface area contributed by atoms with Crippen LogP contribution in [0.15, 0.2) is 47.3 Å². The van der Waals surface area contributed by atoms with E-state index >= 15 is 0 Å². The van der Waals surface area contributed by atoms with Gasteiger partial charge in [0.2, 0.25) is 0 Å². The summed E-state index contributed by atoms with van der Waals surface area (Å²) in [6.45, 7) is 26.9. The molecule has 1 atom stereocenters. The van der Waals surface area contributed by atoms with E-state index in [0.717, 1.165) is 38.6 Å². The standard InChI is InChI=1S/C40H45BN2O9.2C2H6/c1-10-23-24-16-22(12-14-30(24)42-32-27(23)18-43-31(32)17-25-28(34(43)45)20-48-35(46)33(25)44)47-19-21-11-13-29(41-51-39(6,7)40(8,9)52-41)26(15-21)36-49-37(2,3)38(4,5)50-36;2*1-2/h11-17,33,36,44H,10,18-20H2,1-9H3;2*1-2H3. The number of benzene rings is 2. The van der Waals surface area contributed by atoms with E-state index in [-0.39, 0.29) is 24.3 Å². The van der Waals surface area contributed by atoms with Gasteiger partial charge in [-0.2, -0.15) is 0 Å². The number of aliphatic hydroxyl groups excluding tert-OH is 1. The van der Waals surface area contributed by atoms with Crippen molar-refractivity contribution in [3.05, 3.63) is 86.2 Å². The molecule has 4 aromatic rings. The Bertz CT molecular complexity index is 2190. The van der Waals surface area contributed by atoms with E-state index in [9.17, 15) is 14.7 Å². The van der Waals surface area contributed by atoms with Crippen molar-refractivity contribution in [3.8, 4) is 17.1 Å². The Kier molecular flexibility index (Phi) is 11.2. The first-order valence-electron chi connectivity index (χ1n) is 20.0. The van der Waals surface area contributed by atoms with E-state index in [0.29, 0.717) is 35.7 Å². The van der Waals surface area contributed by atoms with Gasteiger partial charge in [0.15, 0.2) is 12.4 Å². The smallest absolute Gasteiger partial charge is 0.489 e. The van der Waals surface area contributed by atoms with Gasteiger partial charge in [-0.15, -0.1) is 0 Å². The number of carbonyl (C=O) groups is 1. The number of pyridine rings is 2. The van der Waals surface area contributed by atoms with Crippen LogP contribution in [-0.4, -0.2) is 50.1 Å². The number of nitrogens with zero attached hydrogens (tertiary/aromatic N) is 2. The highest BCUT2D eigenvalue weighted by Crippen LogP contribution is 2.46. The van der Waals surface area contributed by atoms with Gasteiger partial charge in [-0.3, -0.25) is 4.79 Å². The molecule has 1 N–H and O–H groups in total. The number of cyclic esters (lactones) is 1. The molecule has 2 saturated heterocycles. The average Bonchev–Trinajstić information content (AvgIpc) is 3.72. The van der Waals surface area contributed by atoms with Crippen LogP contribution in [0.4, 0.5) is 0 Å². The molecule has 0 aliphatic carbocycles. The maximum absolute atomic E-state index is 13.5. The molecule has 8 rings (SSSR count). The molecule has 0 spiro atoms. The van der Waals surface area contributed by atoms with Crippen LogP contribution < -0.4 is 15.8 Å². The van der Waals surface area contributed by atoms with E-state index in [1.807, 2.05) is 113 Å². The van der Waals surface area contributed by atoms with Crippen LogP contribution in [0.1, 0.15) is 136 Å². The molecule has 0 saturated carbocycles. The lowest BCUT2D eigenvalue weighted by molar-refractivity contribution is -0.157. The van der Waals surface area contributed by atoms with Gasteiger partial charge in [-0.25, -0.2) is 9.78 Å². The maximum atomic E-state index is 13.5. The van der Waals surface area contributed by atoms with Gasteiger partial charge in [-0.05, 0) is 109 Å². The van der Waals surface area contributed by atoms with Crippen LogP contribution in [0, 0.1) is 0 Å². The summed E-state index contributed by atoms with van der Waals surface area (Å²) in [5, 5.41) is 11.4. The van der Waals surface area contributed by atoms with Crippen molar-refractivity contribution >= 4 is 29.5 Å². The number of aliphatic hydroxyl groups is 1. The third kappa shape index (κ3) is 6.87. The molecule has 2 aromatic heterocycles. The summed E-state index contributed by atoms with van der Waals surface area (Å²) in [5.41, 5.74) is 4.88. The first kappa shape index (κ1) is 41.6. The molecule has 0 bridgehead atoms. The predicted molar refractivity (Wildman–Crippen MR) is 217 cm³/mol. The molecule has 4 aliphatic rings. The number of ether oxygens (including phenoxy) is 4. The topological polar surface area (TPSA) is 128 Å². The van der Waals surface area contributed by atoms with E-state index in [4.69, 9.17) is 33.2 Å². The number of hydrogen-bond acceptors (Lipinski definition) is 10. The monoisotopic (exact) mass is 768 g/mol. The zero-order valence-corrected chi connectivity index (χ0v) is 35.2. The average molecular weight is 769 g/mol. The summed E-state index contributed by atoms with van der Waals surface area (Å²) >= 11 is 0. The quantitative estimate of drug-likeness (QED) is 0.136. The second-order valence-electron chi connectivity index (χ2n) is 16.2. The van der Waals surface area contributed by atoms with Crippen LogP contribution in [0.3, 0.4) is 0 Å². The first-order chi connectivity index (χ1) is 26.4. The Hall–Kier alpha value is -4.07. The highest BCUT2D eigenvalue weighted by Gasteiger charge is 2.54. The number of carbonyl (C=O) groups excluding carboxylic acids is 1. The minimum Gasteiger partial charge on any atom is -0.489 e. The molecule has 6 heterocycles. The zero-order chi connectivity index (χ0) is 41.1. The van der Waals surface area contributed by atoms with Crippen molar-refractivity contribution in [1.82, 2.24) is 9.55 Å². The predicted octanol–water partition coefficient (Wildman–Crippen LogP) is 7.61. The van der Waals surface area contributed by atoms with E-state index in [1.54, 1.807) is 10.6 Å². The fraction of sp³-hybridized carbons (Fsp3) is 0.523. The third-order valence-corrected chi connectivity index (χ3v) is 12.0. The first-order valence-corrected chi connectivity index (χ1v) is 20.0. The Morgan fingerprint density at radius 1 is 0.839 bits per heavy atom. The Labute approximate surface area is 330 Å². The molecule has 2 aromatic carbocycles. The van der Waals surface area contributed by atoms with Crippen LogP contribution in [0.2, 0.25) is 0 Å². The summed E-state index contributed by atoms with van der Waals surface area (Å²) in [6.07, 6.45) is -1.42. The number of hydrogen-bond donors (Lipinski definition) is 1. The van der Waals surface area contributed by atoms with Crippen LogP contribution in [0.5, 0.6) is 5.75 Å². The maximum Gasteiger partial charge on any atom is 0.495 e. The van der Waals surface area contributed by atoms with Gasteiger partial charge in [0.25, 0.3) is 5.56 Å². The number of aryl methyl sites for hydroxylation is 1. The van der Waals surface area contributed by atoms with E-state index in [1.165, 1.54) is 0 Å². The van der Waals surface area contributed by atoms with Gasteiger partial charge in [0, 0.05) is 22.1 Å². The highest BCUT2D eigenvalue weighted by atomic mass is 16.7. The minimum absolute atomic E-state index is 0.156. The second-order valence-corrected chi connectivity index (χ2v) is 16.2. The molecule has 56 heavy (non-hydrogen) atoms. The van der Waals surface area contributed by atoms with Crippen LogP contribution >= 0.6 is 0 Å². The molecular formula is C44H57BN2O9. The van der Waals surface area contributed by atoms with Gasteiger partial charge < -0.3 is 37.9 Å². The molecule has 300 valence electrons. The van der Waals surface area contributed by atoms with Crippen molar-refractivity contribution in [2.45, 2.75) is 151 Å². The van der Waals surface area contributed by atoms with E-state index in [2.05, 4.69) is 13.0 Å². The summed E-state index contributed by atoms with van der Waals surface area (Å²) in [6, 6.07) is 13.6. The number of aromatic nitrogens is 2. The molecule has 1 unspecified atom stereocenters. The van der Waals surface area contributed by atoms with Crippen LogP contribution in [-0.2, 0) is 54.5 Å². The van der Waals surface area contributed by atoms with Crippen molar-refractivity contribution in [2.75, 3.05) is 0 Å². The van der Waals surface area contributed by atoms with Gasteiger partial charge in [0.1, 0.15) is 19.0 Å². The summed E-state index contributed by atoms with van der Waals surface area (Å²) in [4.78, 5) is 30.6. The lowest BCUT2D eigenvalue weighted by atomic mass is 9.75. The number of esters is 1. The SMILES string of the molecule is CC.CC.CCc1c2c(nc3ccc(OCc4ccc(B5OC(C)(C)C(C)(C)O5)c(C5OC(C)(C)C(C)(C)O5)c4)cc13)-c1cc3c(c(=O)n1C2)COC(=O)C3O. The largest absolute Gasteiger partial charge is 0.495 e. The van der Waals surface area contributed by atoms with Crippen molar-refractivity contribution in [1.29, 1.82) is 0 Å². The Morgan fingerprint density at radius 3 is 2.11 bits per heavy atom. The molecule has 11 nitrogen and oxygen atoms in total. The Morgan fingerprint density at radius 2 is 1.48 bits per heavy atom. The van der Waals surface area contributed by atoms with Crippen molar-refractivity contribution in [3.63, 3.8) is 0 Å². The number of rotatable bonds is 6. The fourth-order valence-electron chi connectivity index (χ4n) is 7.42. The highest BCUT2D eigenvalue weighted by molar-refractivity contribution is 6.62. The zero-order valence-electron chi connectivity index (χ0n) is 35.2. The summed E-state index contributed by atoms with van der Waals surface area (Å²) < 4.78 is 39.1. The summed E-state index contributed by atoms with van der Waals surface area (Å²) in [7, 11) is -0.593. The molecule has 0 radical (unpaired) electrons. The van der Waals surface area contributed by atoms with Gasteiger partial charge in [0.05, 0.1) is 51.4 Å². The van der Waals surface area contributed by atoms with Crippen molar-refractivity contribution in [2.24, 2.45) is 0 Å². The van der Waals surface area contributed by atoms with Gasteiger partial charge >= 0.3 is 13.1 Å². The molecule has 2 fully saturated rings. The minimum atomic E-state index is -1.50.